The lowest BCUT2D eigenvalue weighted by Gasteiger charge is -1.94. The van der Waals surface area contributed by atoms with Crippen molar-refractivity contribution in [3.05, 3.63) is 48.2 Å². The third kappa shape index (κ3) is 2.76. The second-order valence-electron chi connectivity index (χ2n) is 3.20. The summed E-state index contributed by atoms with van der Waals surface area (Å²) in [5.74, 6) is 0.650. The third-order valence-corrected chi connectivity index (χ3v) is 2.16. The summed E-state index contributed by atoms with van der Waals surface area (Å²) in [5, 5.41) is 3.91. The second-order valence-corrected chi connectivity index (χ2v) is 3.20. The van der Waals surface area contributed by atoms with Crippen molar-refractivity contribution in [2.24, 2.45) is 0 Å². The maximum absolute atomic E-state index is 11.8. The SMILES string of the molecule is Cc1ocn[n+]1CC(=O)c1ccccc1.[Br-]. The van der Waals surface area contributed by atoms with Gasteiger partial charge in [0.2, 0.25) is 12.3 Å². The van der Waals surface area contributed by atoms with Crippen LogP contribution in [0.15, 0.2) is 41.1 Å². The number of aromatic nitrogens is 2. The summed E-state index contributed by atoms with van der Waals surface area (Å²) in [7, 11) is 0. The summed E-state index contributed by atoms with van der Waals surface area (Å²) in [5.41, 5.74) is 0.687. The topological polar surface area (TPSA) is 47.0 Å². The van der Waals surface area contributed by atoms with E-state index in [9.17, 15) is 4.79 Å². The highest BCUT2D eigenvalue weighted by Gasteiger charge is 2.17. The summed E-state index contributed by atoms with van der Waals surface area (Å²) in [6.45, 7) is 1.98. The zero-order chi connectivity index (χ0) is 10.7. The molecule has 5 heteroatoms. The van der Waals surface area contributed by atoms with Crippen molar-refractivity contribution in [1.82, 2.24) is 5.10 Å². The number of hydrogen-bond acceptors (Lipinski definition) is 3. The van der Waals surface area contributed by atoms with E-state index < -0.39 is 0 Å². The molecule has 0 amide bonds. The lowest BCUT2D eigenvalue weighted by Crippen LogP contribution is -3.00. The number of benzene rings is 1. The summed E-state index contributed by atoms with van der Waals surface area (Å²) in [4.78, 5) is 11.8. The van der Waals surface area contributed by atoms with Gasteiger partial charge in [0.05, 0.1) is 6.92 Å². The minimum atomic E-state index is 0. The molecular weight excluding hydrogens is 272 g/mol. The van der Waals surface area contributed by atoms with Crippen molar-refractivity contribution < 1.29 is 30.9 Å². The van der Waals surface area contributed by atoms with Gasteiger partial charge in [0.1, 0.15) is 0 Å². The Hall–Kier alpha value is -1.49. The molecule has 0 spiro atoms. The summed E-state index contributed by atoms with van der Waals surface area (Å²) < 4.78 is 6.54. The fourth-order valence-electron chi connectivity index (χ4n) is 1.30. The Kier molecular flexibility index (Phi) is 4.37. The molecule has 0 fully saturated rings. The van der Waals surface area contributed by atoms with E-state index in [1.54, 1.807) is 19.1 Å². The number of rotatable bonds is 3. The van der Waals surface area contributed by atoms with E-state index in [0.717, 1.165) is 0 Å². The molecule has 0 saturated carbocycles. The van der Waals surface area contributed by atoms with Crippen LogP contribution < -0.4 is 21.7 Å². The van der Waals surface area contributed by atoms with Crippen LogP contribution in [0, 0.1) is 6.92 Å². The molecule has 2 rings (SSSR count). The smallest absolute Gasteiger partial charge is 0.371 e. The average Bonchev–Trinajstić information content (AvgIpc) is 2.66. The zero-order valence-electron chi connectivity index (χ0n) is 8.76. The zero-order valence-corrected chi connectivity index (χ0v) is 10.3. The lowest BCUT2D eigenvalue weighted by molar-refractivity contribution is -0.747. The van der Waals surface area contributed by atoms with Crippen molar-refractivity contribution in [2.45, 2.75) is 13.5 Å². The van der Waals surface area contributed by atoms with Crippen molar-refractivity contribution in [1.29, 1.82) is 0 Å². The molecule has 0 radical (unpaired) electrons. The molecule has 4 nitrogen and oxygen atoms in total. The third-order valence-electron chi connectivity index (χ3n) is 2.16. The van der Waals surface area contributed by atoms with E-state index in [0.29, 0.717) is 11.5 Å². The largest absolute Gasteiger partial charge is 1.00 e. The molecule has 84 valence electrons. The van der Waals surface area contributed by atoms with Crippen molar-refractivity contribution in [2.75, 3.05) is 0 Å². The molecule has 0 aliphatic heterocycles. The van der Waals surface area contributed by atoms with Gasteiger partial charge in [-0.05, 0) is 4.68 Å². The van der Waals surface area contributed by atoms with Gasteiger partial charge in [-0.3, -0.25) is 4.79 Å². The molecule has 0 aliphatic carbocycles. The van der Waals surface area contributed by atoms with Crippen molar-refractivity contribution >= 4 is 5.78 Å². The van der Waals surface area contributed by atoms with E-state index in [4.69, 9.17) is 4.42 Å². The number of ketones is 1. The van der Waals surface area contributed by atoms with E-state index >= 15 is 0 Å². The number of nitrogens with zero attached hydrogens (tertiary/aromatic N) is 2. The normalized spacial score (nSPS) is 9.56. The molecule has 0 aliphatic rings. The highest BCUT2D eigenvalue weighted by molar-refractivity contribution is 5.94. The van der Waals surface area contributed by atoms with E-state index in [1.165, 1.54) is 11.1 Å². The van der Waals surface area contributed by atoms with Crippen LogP contribution in [0.1, 0.15) is 16.2 Å². The Morgan fingerprint density at radius 1 is 1.38 bits per heavy atom. The van der Waals surface area contributed by atoms with Gasteiger partial charge in [-0.25, -0.2) is 0 Å². The maximum Gasteiger partial charge on any atom is 0.371 e. The number of carbonyl (C=O) groups is 1. The minimum Gasteiger partial charge on any atom is -1.00 e. The molecule has 0 saturated heterocycles. The van der Waals surface area contributed by atoms with Gasteiger partial charge in [0, 0.05) is 10.7 Å². The van der Waals surface area contributed by atoms with Crippen LogP contribution in [0.5, 0.6) is 0 Å². The fourth-order valence-corrected chi connectivity index (χ4v) is 1.30. The fraction of sp³-hybridized carbons (Fsp3) is 0.182. The molecule has 2 aromatic rings. The lowest BCUT2D eigenvalue weighted by atomic mass is 10.1. The highest BCUT2D eigenvalue weighted by Crippen LogP contribution is 1.99. The first-order valence-corrected chi connectivity index (χ1v) is 4.66. The van der Waals surface area contributed by atoms with Crippen LogP contribution in [0.3, 0.4) is 0 Å². The van der Waals surface area contributed by atoms with Gasteiger partial charge in [-0.15, -0.1) is 0 Å². The predicted octanol–water partition coefficient (Wildman–Crippen LogP) is -1.84. The number of hydrogen-bond donors (Lipinski definition) is 0. The Morgan fingerprint density at radius 3 is 2.62 bits per heavy atom. The van der Waals surface area contributed by atoms with E-state index in [1.807, 2.05) is 18.2 Å². The van der Waals surface area contributed by atoms with Gasteiger partial charge in [-0.2, -0.15) is 0 Å². The summed E-state index contributed by atoms with van der Waals surface area (Å²) >= 11 is 0. The Morgan fingerprint density at radius 2 is 2.06 bits per heavy atom. The molecule has 0 atom stereocenters. The van der Waals surface area contributed by atoms with Crippen molar-refractivity contribution in [3.63, 3.8) is 0 Å². The van der Waals surface area contributed by atoms with Crippen molar-refractivity contribution in [3.8, 4) is 0 Å². The maximum atomic E-state index is 11.8. The standard InChI is InChI=1S/C11H11N2O2.BrH/c1-9-13(12-8-15-9)7-11(14)10-5-3-2-4-6-10;/h2-6,8H,7H2,1H3;1H/q+1;/p-1. The number of halogens is 1. The molecular formula is C11H11BrN2O2. The second kappa shape index (κ2) is 5.55. The Labute approximate surface area is 104 Å². The minimum absolute atomic E-state index is 0. The van der Waals surface area contributed by atoms with Gasteiger partial charge in [0.15, 0.2) is 0 Å². The molecule has 1 heterocycles. The van der Waals surface area contributed by atoms with Crippen LogP contribution in [0.2, 0.25) is 0 Å². The Bertz CT molecular complexity index is 468. The first-order valence-electron chi connectivity index (χ1n) is 4.66. The van der Waals surface area contributed by atoms with Gasteiger partial charge in [0.25, 0.3) is 6.39 Å². The monoisotopic (exact) mass is 282 g/mol. The van der Waals surface area contributed by atoms with Crippen LogP contribution in [0.4, 0.5) is 0 Å². The van der Waals surface area contributed by atoms with Crippen LogP contribution in [0.25, 0.3) is 0 Å². The number of aryl methyl sites for hydroxylation is 1. The predicted molar refractivity (Wildman–Crippen MR) is 52.2 cm³/mol. The number of Topliss-reactive ketones (excluding diaryl/α,β-unsaturated/α-hetero) is 1. The van der Waals surface area contributed by atoms with Gasteiger partial charge < -0.3 is 21.4 Å². The van der Waals surface area contributed by atoms with Gasteiger partial charge >= 0.3 is 5.89 Å². The average molecular weight is 283 g/mol. The van der Waals surface area contributed by atoms with Crippen LogP contribution >= 0.6 is 0 Å². The summed E-state index contributed by atoms with van der Waals surface area (Å²) in [6, 6.07) is 9.14. The van der Waals surface area contributed by atoms with Crippen LogP contribution in [-0.4, -0.2) is 10.9 Å². The molecule has 1 aromatic carbocycles. The molecule has 0 unspecified atom stereocenters. The molecule has 0 N–H and O–H groups in total. The molecule has 0 bridgehead atoms. The van der Waals surface area contributed by atoms with E-state index in [-0.39, 0.29) is 29.3 Å². The van der Waals surface area contributed by atoms with Crippen LogP contribution in [-0.2, 0) is 6.54 Å². The summed E-state index contributed by atoms with van der Waals surface area (Å²) in [6.07, 6.45) is 1.33. The first kappa shape index (κ1) is 12.6. The quantitative estimate of drug-likeness (QED) is 0.491. The molecule has 16 heavy (non-hydrogen) atoms. The first-order chi connectivity index (χ1) is 7.27. The molecule has 1 aromatic heterocycles. The Balaban J connectivity index is 0.00000128. The van der Waals surface area contributed by atoms with Gasteiger partial charge in [-0.1, -0.05) is 30.3 Å². The number of carbonyl (C=O) groups excluding carboxylic acids is 1. The van der Waals surface area contributed by atoms with E-state index in [2.05, 4.69) is 5.10 Å². The highest BCUT2D eigenvalue weighted by atomic mass is 79.9.